The zero-order valence-electron chi connectivity index (χ0n) is 9.24. The summed E-state index contributed by atoms with van der Waals surface area (Å²) in [7, 11) is 0. The summed E-state index contributed by atoms with van der Waals surface area (Å²) in [6, 6.07) is 4.17. The summed E-state index contributed by atoms with van der Waals surface area (Å²) >= 11 is 0. The molecule has 0 aliphatic rings. The quantitative estimate of drug-likeness (QED) is 0.799. The number of nitrogens with two attached hydrogens (primary N) is 1. The third-order valence-corrected chi connectivity index (χ3v) is 2.37. The van der Waals surface area contributed by atoms with Crippen molar-refractivity contribution in [2.45, 2.75) is 13.0 Å². The van der Waals surface area contributed by atoms with Gasteiger partial charge in [0.1, 0.15) is 5.82 Å². The summed E-state index contributed by atoms with van der Waals surface area (Å²) in [6.45, 7) is -0.905. The lowest BCUT2D eigenvalue weighted by Crippen LogP contribution is -2.32. The standard InChI is InChI=1S/C11H15F3N2O/c12-9-2-1-3-10(8(9)6-15)16(4-5-17)7-11(13)14/h1-3,11,17H,4-7,15H2. The highest BCUT2D eigenvalue weighted by molar-refractivity contribution is 5.54. The summed E-state index contributed by atoms with van der Waals surface area (Å²) in [6.07, 6.45) is -2.56. The highest BCUT2D eigenvalue weighted by atomic mass is 19.3. The first kappa shape index (κ1) is 13.8. The van der Waals surface area contributed by atoms with Crippen LogP contribution in [0.25, 0.3) is 0 Å². The van der Waals surface area contributed by atoms with Crippen LogP contribution < -0.4 is 10.6 Å². The lowest BCUT2D eigenvalue weighted by Gasteiger charge is -2.26. The molecule has 6 heteroatoms. The van der Waals surface area contributed by atoms with E-state index in [9.17, 15) is 13.2 Å². The van der Waals surface area contributed by atoms with Gasteiger partial charge in [-0.25, -0.2) is 13.2 Å². The molecule has 0 amide bonds. The van der Waals surface area contributed by atoms with Crippen LogP contribution in [0, 0.1) is 5.82 Å². The molecule has 0 unspecified atom stereocenters. The van der Waals surface area contributed by atoms with Crippen molar-refractivity contribution in [2.24, 2.45) is 5.73 Å². The average Bonchev–Trinajstić information content (AvgIpc) is 2.27. The molecular formula is C11H15F3N2O. The number of benzene rings is 1. The highest BCUT2D eigenvalue weighted by Gasteiger charge is 2.17. The van der Waals surface area contributed by atoms with Crippen molar-refractivity contribution in [2.75, 3.05) is 24.6 Å². The Kier molecular flexibility index (Phi) is 5.24. The van der Waals surface area contributed by atoms with Crippen LogP contribution in [0.2, 0.25) is 0 Å². The van der Waals surface area contributed by atoms with Crippen LogP contribution >= 0.6 is 0 Å². The van der Waals surface area contributed by atoms with Gasteiger partial charge in [-0.05, 0) is 12.1 Å². The monoisotopic (exact) mass is 248 g/mol. The second kappa shape index (κ2) is 6.46. The number of anilines is 1. The molecule has 0 spiro atoms. The van der Waals surface area contributed by atoms with E-state index in [-0.39, 0.29) is 25.3 Å². The van der Waals surface area contributed by atoms with Crippen LogP contribution in [0.15, 0.2) is 18.2 Å². The molecule has 1 aromatic rings. The number of hydrogen-bond donors (Lipinski definition) is 2. The number of aliphatic hydroxyl groups is 1. The molecule has 0 heterocycles. The van der Waals surface area contributed by atoms with Gasteiger partial charge in [0.05, 0.1) is 13.2 Å². The molecule has 0 aliphatic carbocycles. The summed E-state index contributed by atoms with van der Waals surface area (Å²) < 4.78 is 38.2. The number of halogens is 3. The smallest absolute Gasteiger partial charge is 0.255 e. The second-order valence-corrected chi connectivity index (χ2v) is 3.50. The molecule has 0 radical (unpaired) electrons. The van der Waals surface area contributed by atoms with Crippen LogP contribution in [0.1, 0.15) is 5.56 Å². The van der Waals surface area contributed by atoms with E-state index in [2.05, 4.69) is 0 Å². The van der Waals surface area contributed by atoms with Crippen molar-refractivity contribution >= 4 is 5.69 Å². The number of rotatable bonds is 6. The van der Waals surface area contributed by atoms with Crippen LogP contribution in [-0.4, -0.2) is 31.2 Å². The first-order valence-corrected chi connectivity index (χ1v) is 5.21. The lowest BCUT2D eigenvalue weighted by molar-refractivity contribution is 0.152. The zero-order chi connectivity index (χ0) is 12.8. The Bertz CT molecular complexity index is 361. The van der Waals surface area contributed by atoms with E-state index >= 15 is 0 Å². The van der Waals surface area contributed by atoms with Gasteiger partial charge in [-0.15, -0.1) is 0 Å². The van der Waals surface area contributed by atoms with E-state index in [1.54, 1.807) is 0 Å². The van der Waals surface area contributed by atoms with Gasteiger partial charge in [0.2, 0.25) is 0 Å². The summed E-state index contributed by atoms with van der Waals surface area (Å²) in [5.41, 5.74) is 5.89. The third-order valence-electron chi connectivity index (χ3n) is 2.37. The molecular weight excluding hydrogens is 233 g/mol. The fourth-order valence-electron chi connectivity index (χ4n) is 1.64. The van der Waals surface area contributed by atoms with Crippen molar-refractivity contribution in [3.63, 3.8) is 0 Å². The Morgan fingerprint density at radius 3 is 2.59 bits per heavy atom. The fraction of sp³-hybridized carbons (Fsp3) is 0.455. The van der Waals surface area contributed by atoms with Crippen molar-refractivity contribution in [3.8, 4) is 0 Å². The molecule has 0 saturated heterocycles. The van der Waals surface area contributed by atoms with Crippen molar-refractivity contribution < 1.29 is 18.3 Å². The van der Waals surface area contributed by atoms with Gasteiger partial charge in [-0.3, -0.25) is 0 Å². The Balaban J connectivity index is 3.04. The lowest BCUT2D eigenvalue weighted by atomic mass is 10.1. The molecule has 0 bridgehead atoms. The van der Waals surface area contributed by atoms with E-state index in [1.165, 1.54) is 23.1 Å². The Morgan fingerprint density at radius 1 is 1.35 bits per heavy atom. The van der Waals surface area contributed by atoms with E-state index < -0.39 is 18.8 Å². The second-order valence-electron chi connectivity index (χ2n) is 3.50. The molecule has 0 saturated carbocycles. The molecule has 0 aromatic heterocycles. The van der Waals surface area contributed by atoms with Crippen LogP contribution in [0.4, 0.5) is 18.9 Å². The normalized spacial score (nSPS) is 10.9. The molecule has 3 N–H and O–H groups in total. The molecule has 0 atom stereocenters. The summed E-state index contributed by atoms with van der Waals surface area (Å²) in [5.74, 6) is -0.526. The average molecular weight is 248 g/mol. The minimum atomic E-state index is -2.56. The highest BCUT2D eigenvalue weighted by Crippen LogP contribution is 2.23. The van der Waals surface area contributed by atoms with Gasteiger partial charge in [-0.2, -0.15) is 0 Å². The third kappa shape index (κ3) is 3.61. The van der Waals surface area contributed by atoms with Crippen LogP contribution in [0.5, 0.6) is 0 Å². The largest absolute Gasteiger partial charge is 0.395 e. The Labute approximate surface area is 97.6 Å². The van der Waals surface area contributed by atoms with Gasteiger partial charge in [0, 0.05) is 24.3 Å². The fourth-order valence-corrected chi connectivity index (χ4v) is 1.64. The van der Waals surface area contributed by atoms with Gasteiger partial charge >= 0.3 is 0 Å². The molecule has 0 aliphatic heterocycles. The molecule has 0 fully saturated rings. The van der Waals surface area contributed by atoms with Crippen LogP contribution in [-0.2, 0) is 6.54 Å². The maximum Gasteiger partial charge on any atom is 0.255 e. The van der Waals surface area contributed by atoms with Gasteiger partial charge in [0.25, 0.3) is 6.43 Å². The van der Waals surface area contributed by atoms with Crippen LogP contribution in [0.3, 0.4) is 0 Å². The molecule has 1 rings (SSSR count). The van der Waals surface area contributed by atoms with E-state index in [1.807, 2.05) is 0 Å². The SMILES string of the molecule is NCc1c(F)cccc1N(CCO)CC(F)F. The maximum atomic E-state index is 13.4. The van der Waals surface area contributed by atoms with Crippen molar-refractivity contribution in [1.82, 2.24) is 0 Å². The van der Waals surface area contributed by atoms with Crippen molar-refractivity contribution in [3.05, 3.63) is 29.6 Å². The summed E-state index contributed by atoms with van der Waals surface area (Å²) in [5, 5.41) is 8.83. The maximum absolute atomic E-state index is 13.4. The zero-order valence-corrected chi connectivity index (χ0v) is 9.24. The first-order valence-electron chi connectivity index (χ1n) is 5.21. The number of aliphatic hydroxyl groups excluding tert-OH is 1. The Morgan fingerprint density at radius 2 is 2.06 bits per heavy atom. The first-order chi connectivity index (χ1) is 8.10. The Hall–Kier alpha value is -1.27. The number of hydrogen-bond acceptors (Lipinski definition) is 3. The predicted octanol–water partition coefficient (Wildman–Crippen LogP) is 1.35. The molecule has 1 aromatic carbocycles. The summed E-state index contributed by atoms with van der Waals surface area (Å²) in [4.78, 5) is 1.23. The van der Waals surface area contributed by atoms with E-state index in [0.29, 0.717) is 5.69 Å². The molecule has 17 heavy (non-hydrogen) atoms. The topological polar surface area (TPSA) is 49.5 Å². The van der Waals surface area contributed by atoms with Gasteiger partial charge < -0.3 is 15.7 Å². The minimum Gasteiger partial charge on any atom is -0.395 e. The number of alkyl halides is 2. The van der Waals surface area contributed by atoms with Gasteiger partial charge in [-0.1, -0.05) is 6.07 Å². The molecule has 3 nitrogen and oxygen atoms in total. The number of nitrogens with zero attached hydrogens (tertiary/aromatic N) is 1. The minimum absolute atomic E-state index is 0.0147. The van der Waals surface area contributed by atoms with E-state index in [4.69, 9.17) is 10.8 Å². The predicted molar refractivity (Wildman–Crippen MR) is 59.6 cm³/mol. The van der Waals surface area contributed by atoms with E-state index in [0.717, 1.165) is 0 Å². The van der Waals surface area contributed by atoms with Crippen molar-refractivity contribution in [1.29, 1.82) is 0 Å². The van der Waals surface area contributed by atoms with Gasteiger partial charge in [0.15, 0.2) is 0 Å². The molecule has 96 valence electrons.